The van der Waals surface area contributed by atoms with Crippen molar-refractivity contribution in [3.8, 4) is 0 Å². The molecule has 1 aromatic heterocycles. The molecular formula is C12H20ClN3. The van der Waals surface area contributed by atoms with Gasteiger partial charge in [0.05, 0.1) is 0 Å². The van der Waals surface area contributed by atoms with Crippen molar-refractivity contribution in [2.75, 3.05) is 0 Å². The molecule has 1 saturated carbocycles. The molecule has 3 N–H and O–H groups in total. The molecule has 0 atom stereocenters. The Labute approximate surface area is 103 Å². The van der Waals surface area contributed by atoms with Gasteiger partial charge in [-0.1, -0.05) is 6.07 Å². The minimum absolute atomic E-state index is 0. The molecule has 16 heavy (non-hydrogen) atoms. The number of nitrogens with two attached hydrogens (primary N) is 1. The molecule has 90 valence electrons. The van der Waals surface area contributed by atoms with Gasteiger partial charge < -0.3 is 11.1 Å². The second-order valence-corrected chi connectivity index (χ2v) is 4.35. The molecule has 2 rings (SSSR count). The van der Waals surface area contributed by atoms with Crippen molar-refractivity contribution in [3.05, 3.63) is 30.1 Å². The van der Waals surface area contributed by atoms with Crippen molar-refractivity contribution >= 4 is 12.4 Å². The molecule has 1 fully saturated rings. The summed E-state index contributed by atoms with van der Waals surface area (Å²) in [5, 5.41) is 3.56. The van der Waals surface area contributed by atoms with Crippen LogP contribution in [0.5, 0.6) is 0 Å². The molecule has 1 aliphatic rings. The van der Waals surface area contributed by atoms with E-state index in [-0.39, 0.29) is 12.4 Å². The maximum absolute atomic E-state index is 5.87. The van der Waals surface area contributed by atoms with E-state index in [1.165, 1.54) is 18.4 Å². The molecule has 4 heteroatoms. The van der Waals surface area contributed by atoms with Gasteiger partial charge in [-0.05, 0) is 37.3 Å². The summed E-state index contributed by atoms with van der Waals surface area (Å²) in [6.07, 6.45) is 8.46. The summed E-state index contributed by atoms with van der Waals surface area (Å²) >= 11 is 0. The summed E-state index contributed by atoms with van der Waals surface area (Å²) in [5.74, 6) is 0. The molecule has 0 radical (unpaired) electrons. The standard InChI is InChI=1S/C12H19N3.ClH/c13-11-3-5-12(6-4-11)15-9-10-2-1-7-14-8-10;/h1-2,7-8,11-12,15H,3-6,9,13H2;1H. The van der Waals surface area contributed by atoms with Crippen LogP contribution in [0.4, 0.5) is 0 Å². The van der Waals surface area contributed by atoms with Gasteiger partial charge in [-0.3, -0.25) is 4.98 Å². The van der Waals surface area contributed by atoms with E-state index >= 15 is 0 Å². The first-order chi connectivity index (χ1) is 7.34. The number of halogens is 1. The number of hydrogen-bond donors (Lipinski definition) is 2. The minimum atomic E-state index is 0. The van der Waals surface area contributed by atoms with Gasteiger partial charge in [0.1, 0.15) is 0 Å². The van der Waals surface area contributed by atoms with E-state index in [4.69, 9.17) is 5.73 Å². The van der Waals surface area contributed by atoms with E-state index in [2.05, 4.69) is 16.4 Å². The molecule has 0 amide bonds. The van der Waals surface area contributed by atoms with Crippen LogP contribution in [0.25, 0.3) is 0 Å². The SMILES string of the molecule is Cl.NC1CCC(NCc2cccnc2)CC1. The fraction of sp³-hybridized carbons (Fsp3) is 0.583. The minimum Gasteiger partial charge on any atom is -0.328 e. The fourth-order valence-corrected chi connectivity index (χ4v) is 2.09. The molecule has 0 bridgehead atoms. The highest BCUT2D eigenvalue weighted by molar-refractivity contribution is 5.85. The molecule has 1 heterocycles. The molecule has 3 nitrogen and oxygen atoms in total. The van der Waals surface area contributed by atoms with Crippen LogP contribution in [0.3, 0.4) is 0 Å². The number of hydrogen-bond acceptors (Lipinski definition) is 3. The van der Waals surface area contributed by atoms with E-state index in [1.807, 2.05) is 18.5 Å². The quantitative estimate of drug-likeness (QED) is 0.850. The van der Waals surface area contributed by atoms with Crippen molar-refractivity contribution in [1.82, 2.24) is 10.3 Å². The first kappa shape index (κ1) is 13.4. The van der Waals surface area contributed by atoms with Crippen molar-refractivity contribution in [2.45, 2.75) is 44.3 Å². The van der Waals surface area contributed by atoms with Gasteiger partial charge in [0.2, 0.25) is 0 Å². The highest BCUT2D eigenvalue weighted by Gasteiger charge is 2.17. The Morgan fingerprint density at radius 2 is 2.06 bits per heavy atom. The van der Waals surface area contributed by atoms with Gasteiger partial charge in [-0.2, -0.15) is 0 Å². The Bertz CT molecular complexity index is 284. The third-order valence-corrected chi connectivity index (χ3v) is 3.09. The Morgan fingerprint density at radius 3 is 2.69 bits per heavy atom. The van der Waals surface area contributed by atoms with Crippen LogP contribution in [-0.4, -0.2) is 17.1 Å². The predicted octanol–water partition coefficient (Wildman–Crippen LogP) is 1.86. The molecule has 0 unspecified atom stereocenters. The summed E-state index contributed by atoms with van der Waals surface area (Å²) in [5.41, 5.74) is 7.12. The van der Waals surface area contributed by atoms with Crippen LogP contribution in [0, 0.1) is 0 Å². The fourth-order valence-electron chi connectivity index (χ4n) is 2.09. The lowest BCUT2D eigenvalue weighted by atomic mass is 9.92. The van der Waals surface area contributed by atoms with Crippen molar-refractivity contribution in [3.63, 3.8) is 0 Å². The van der Waals surface area contributed by atoms with Crippen LogP contribution in [0.15, 0.2) is 24.5 Å². The lowest BCUT2D eigenvalue weighted by Gasteiger charge is -2.26. The van der Waals surface area contributed by atoms with E-state index in [0.717, 1.165) is 19.4 Å². The third kappa shape index (κ3) is 4.08. The molecule has 1 aromatic rings. The Kier molecular flexibility index (Phi) is 5.74. The average molecular weight is 242 g/mol. The molecule has 0 saturated heterocycles. The molecule has 0 aliphatic heterocycles. The third-order valence-electron chi connectivity index (χ3n) is 3.09. The van der Waals surface area contributed by atoms with Gasteiger partial charge in [0.25, 0.3) is 0 Å². The summed E-state index contributed by atoms with van der Waals surface area (Å²) in [6.45, 7) is 0.924. The van der Waals surface area contributed by atoms with Gasteiger partial charge in [-0.15, -0.1) is 12.4 Å². The second-order valence-electron chi connectivity index (χ2n) is 4.35. The predicted molar refractivity (Wildman–Crippen MR) is 68.6 cm³/mol. The second kappa shape index (κ2) is 6.84. The number of pyridine rings is 1. The maximum Gasteiger partial charge on any atom is 0.0312 e. The van der Waals surface area contributed by atoms with Gasteiger partial charge in [-0.25, -0.2) is 0 Å². The summed E-state index contributed by atoms with van der Waals surface area (Å²) in [4.78, 5) is 4.10. The summed E-state index contributed by atoms with van der Waals surface area (Å²) < 4.78 is 0. The zero-order valence-corrected chi connectivity index (χ0v) is 10.2. The first-order valence-electron chi connectivity index (χ1n) is 5.72. The zero-order valence-electron chi connectivity index (χ0n) is 9.43. The van der Waals surface area contributed by atoms with Crippen molar-refractivity contribution in [1.29, 1.82) is 0 Å². The number of aromatic nitrogens is 1. The zero-order chi connectivity index (χ0) is 10.5. The monoisotopic (exact) mass is 241 g/mol. The first-order valence-corrected chi connectivity index (χ1v) is 5.72. The molecule has 0 spiro atoms. The maximum atomic E-state index is 5.87. The van der Waals surface area contributed by atoms with Gasteiger partial charge >= 0.3 is 0 Å². The van der Waals surface area contributed by atoms with Gasteiger partial charge in [0, 0.05) is 31.0 Å². The van der Waals surface area contributed by atoms with Crippen LogP contribution in [0.1, 0.15) is 31.2 Å². The molecule has 0 aromatic carbocycles. The summed E-state index contributed by atoms with van der Waals surface area (Å²) in [7, 11) is 0. The van der Waals surface area contributed by atoms with Gasteiger partial charge in [0.15, 0.2) is 0 Å². The molecular weight excluding hydrogens is 222 g/mol. The Hall–Kier alpha value is -0.640. The smallest absolute Gasteiger partial charge is 0.0312 e. The topological polar surface area (TPSA) is 50.9 Å². The van der Waals surface area contributed by atoms with E-state index in [1.54, 1.807) is 0 Å². The van der Waals surface area contributed by atoms with Crippen LogP contribution in [0.2, 0.25) is 0 Å². The number of nitrogens with one attached hydrogen (secondary N) is 1. The number of nitrogens with zero attached hydrogens (tertiary/aromatic N) is 1. The average Bonchev–Trinajstić information content (AvgIpc) is 2.30. The largest absolute Gasteiger partial charge is 0.328 e. The van der Waals surface area contributed by atoms with E-state index < -0.39 is 0 Å². The normalized spacial score (nSPS) is 24.8. The van der Waals surface area contributed by atoms with E-state index in [9.17, 15) is 0 Å². The van der Waals surface area contributed by atoms with Crippen molar-refractivity contribution < 1.29 is 0 Å². The Balaban J connectivity index is 0.00000128. The highest BCUT2D eigenvalue weighted by atomic mass is 35.5. The van der Waals surface area contributed by atoms with Crippen LogP contribution >= 0.6 is 12.4 Å². The Morgan fingerprint density at radius 1 is 1.31 bits per heavy atom. The summed E-state index contributed by atoms with van der Waals surface area (Å²) in [6, 6.07) is 5.16. The van der Waals surface area contributed by atoms with Crippen LogP contribution < -0.4 is 11.1 Å². The highest BCUT2D eigenvalue weighted by Crippen LogP contribution is 2.17. The molecule has 1 aliphatic carbocycles. The van der Waals surface area contributed by atoms with Crippen LogP contribution in [-0.2, 0) is 6.54 Å². The van der Waals surface area contributed by atoms with E-state index in [0.29, 0.717) is 12.1 Å². The van der Waals surface area contributed by atoms with Crippen molar-refractivity contribution in [2.24, 2.45) is 5.73 Å². The number of rotatable bonds is 3. The lowest BCUT2D eigenvalue weighted by Crippen LogP contribution is -2.37. The lowest BCUT2D eigenvalue weighted by molar-refractivity contribution is 0.341.